The smallest absolute Gasteiger partial charge is 0.255 e. The largest absolute Gasteiger partial charge is 0.383 e. The van der Waals surface area contributed by atoms with Crippen molar-refractivity contribution in [2.75, 3.05) is 136 Å². The average molecular weight is 971 g/mol. The first-order valence-electron chi connectivity index (χ1n) is 24.6. The molecule has 0 saturated carbocycles. The van der Waals surface area contributed by atoms with Crippen LogP contribution in [0.4, 0.5) is 15.8 Å². The van der Waals surface area contributed by atoms with E-state index in [1.165, 1.54) is 12.1 Å². The Morgan fingerprint density at radius 1 is 0.886 bits per heavy atom. The predicted molar refractivity (Wildman–Crippen MR) is 269 cm³/mol. The van der Waals surface area contributed by atoms with Crippen LogP contribution in [-0.4, -0.2) is 170 Å². The van der Waals surface area contributed by atoms with Gasteiger partial charge in [-0.2, -0.15) is 0 Å². The summed E-state index contributed by atoms with van der Waals surface area (Å²) >= 11 is 0. The third-order valence-electron chi connectivity index (χ3n) is 12.5. The first-order chi connectivity index (χ1) is 33.9. The van der Waals surface area contributed by atoms with Crippen LogP contribution in [0.15, 0.2) is 79.1 Å². The summed E-state index contributed by atoms with van der Waals surface area (Å²) in [4.78, 5) is 42.2. The summed E-state index contributed by atoms with van der Waals surface area (Å²) in [5, 5.41) is 9.82. The number of ether oxygens (including phenoxy) is 6. The average Bonchev–Trinajstić information content (AvgIpc) is 3.61. The van der Waals surface area contributed by atoms with Gasteiger partial charge in [0.25, 0.3) is 5.91 Å². The zero-order chi connectivity index (χ0) is 49.7. The summed E-state index contributed by atoms with van der Waals surface area (Å²) < 4.78 is 48.0. The van der Waals surface area contributed by atoms with Gasteiger partial charge in [0.15, 0.2) is 0 Å². The second kappa shape index (κ2) is 28.3. The highest BCUT2D eigenvalue weighted by Crippen LogP contribution is 2.41. The van der Waals surface area contributed by atoms with Gasteiger partial charge in [-0.15, -0.1) is 0 Å². The van der Waals surface area contributed by atoms with Crippen LogP contribution < -0.4 is 20.9 Å². The maximum absolute atomic E-state index is 14.1. The number of carbonyl (C=O) groups excluding carboxylic acids is 2. The number of aromatic nitrogens is 2. The van der Waals surface area contributed by atoms with E-state index in [1.807, 2.05) is 41.3 Å². The van der Waals surface area contributed by atoms with Crippen LogP contribution in [0.3, 0.4) is 0 Å². The van der Waals surface area contributed by atoms with Crippen LogP contribution in [0.5, 0.6) is 0 Å². The fourth-order valence-corrected chi connectivity index (χ4v) is 8.58. The molecule has 0 bridgehead atoms. The van der Waals surface area contributed by atoms with Crippen molar-refractivity contribution in [2.24, 2.45) is 0 Å². The number of hydrogen-bond donors (Lipinski definition) is 3. The molecule has 0 aliphatic carbocycles. The highest BCUT2D eigenvalue weighted by atomic mass is 19.1. The van der Waals surface area contributed by atoms with E-state index in [1.54, 1.807) is 31.6 Å². The van der Waals surface area contributed by atoms with Gasteiger partial charge in [0.2, 0.25) is 5.91 Å². The third-order valence-corrected chi connectivity index (χ3v) is 12.5. The quantitative estimate of drug-likeness (QED) is 0.0581. The molecule has 3 N–H and O–H groups in total. The van der Waals surface area contributed by atoms with Crippen molar-refractivity contribution >= 4 is 23.2 Å². The molecule has 382 valence electrons. The van der Waals surface area contributed by atoms with Crippen LogP contribution in [0.25, 0.3) is 0 Å². The Bertz CT molecular complexity index is 2190. The van der Waals surface area contributed by atoms with Gasteiger partial charge in [-0.05, 0) is 86.5 Å². The highest BCUT2D eigenvalue weighted by Gasteiger charge is 2.41. The number of halogens is 1. The number of piperazine rings is 1. The molecule has 4 aromatic rings. The molecule has 17 heteroatoms. The van der Waals surface area contributed by atoms with Gasteiger partial charge in [-0.1, -0.05) is 38.1 Å². The zero-order valence-electron chi connectivity index (χ0n) is 42.1. The third kappa shape index (κ3) is 17.2. The van der Waals surface area contributed by atoms with E-state index < -0.39 is 0 Å². The van der Waals surface area contributed by atoms with Crippen molar-refractivity contribution in [2.45, 2.75) is 64.2 Å². The number of methoxy groups -OCH3 is 1. The molecule has 16 nitrogen and oxygen atoms in total. The van der Waals surface area contributed by atoms with Crippen molar-refractivity contribution < 1.29 is 42.4 Å². The van der Waals surface area contributed by atoms with Crippen molar-refractivity contribution in [3.05, 3.63) is 119 Å². The number of fused-ring (bicyclic) bond motifs is 1. The SMILES string of the molecule is COC[C@H]1CN[C@H](C)CN1CC(=O)N1CC(C)(C)c2nc(CN(C)CCOCCOCCOCCOCCOCCN[C@H](C)c3ccc(C(=O)Nc4ccncc4)cc3)c(Cc3ccc(F)cc3)cc21. The summed E-state index contributed by atoms with van der Waals surface area (Å²) in [5.74, 6) is -0.383. The Morgan fingerprint density at radius 2 is 1.51 bits per heavy atom. The molecule has 0 unspecified atom stereocenters. The van der Waals surface area contributed by atoms with Gasteiger partial charge in [-0.3, -0.25) is 29.4 Å². The minimum atomic E-state index is -0.338. The van der Waals surface area contributed by atoms with Gasteiger partial charge in [-0.25, -0.2) is 4.39 Å². The van der Waals surface area contributed by atoms with Crippen LogP contribution in [0.2, 0.25) is 0 Å². The molecule has 70 heavy (non-hydrogen) atoms. The number of anilines is 2. The molecule has 1 fully saturated rings. The standard InChI is InChI=1S/C53H75FN8O8/c1-39-34-61(47(33-57-39)37-65-6)36-50(63)62-38-53(3,4)51-49(62)32-44(31-41-7-13-45(54)14-8-41)48(59-51)35-60(5)20-22-67-24-26-69-28-30-70-29-27-68-25-23-66-21-19-56-40(2)42-9-11-43(12-10-42)52(64)58-46-15-17-55-18-16-46/h7-18,32,39-40,47,56-57H,19-31,33-38H2,1-6H3,(H,55,58,64)/t39-,40-,47-/m1/s1. The second-order valence-corrected chi connectivity index (χ2v) is 18.8. The summed E-state index contributed by atoms with van der Waals surface area (Å²) in [6.07, 6.45) is 3.84. The topological polar surface area (TPSA) is 161 Å². The number of hydrogen-bond acceptors (Lipinski definition) is 14. The summed E-state index contributed by atoms with van der Waals surface area (Å²) in [6, 6.07) is 20.3. The minimum Gasteiger partial charge on any atom is -0.383 e. The minimum absolute atomic E-state index is 0.0540. The molecule has 3 atom stereocenters. The van der Waals surface area contributed by atoms with Crippen LogP contribution in [-0.2, 0) is 51.6 Å². The number of nitrogens with one attached hydrogen (secondary N) is 3. The normalized spacial score (nSPS) is 17.2. The number of benzene rings is 2. The van der Waals surface area contributed by atoms with Crippen molar-refractivity contribution in [1.82, 2.24) is 30.4 Å². The lowest BCUT2D eigenvalue weighted by Gasteiger charge is -2.39. The Hall–Kier alpha value is -4.79. The summed E-state index contributed by atoms with van der Waals surface area (Å²) in [7, 11) is 3.75. The van der Waals surface area contributed by atoms with Gasteiger partial charge in [0.1, 0.15) is 5.82 Å². The molecule has 1 saturated heterocycles. The molecule has 2 amide bonds. The molecule has 2 aliphatic heterocycles. The van der Waals surface area contributed by atoms with E-state index in [0.717, 1.165) is 46.9 Å². The highest BCUT2D eigenvalue weighted by molar-refractivity contribution is 6.04. The summed E-state index contributed by atoms with van der Waals surface area (Å²) in [5.41, 5.74) is 6.74. The molecule has 2 aliphatic rings. The first-order valence-corrected chi connectivity index (χ1v) is 24.6. The van der Waals surface area contributed by atoms with Gasteiger partial charge in [0.05, 0.1) is 96.3 Å². The van der Waals surface area contributed by atoms with Gasteiger partial charge in [0, 0.05) is 93.6 Å². The van der Waals surface area contributed by atoms with Crippen molar-refractivity contribution in [1.29, 1.82) is 0 Å². The molecular weight excluding hydrogens is 896 g/mol. The van der Waals surface area contributed by atoms with Crippen LogP contribution in [0, 0.1) is 5.82 Å². The molecule has 0 spiro atoms. The lowest BCUT2D eigenvalue weighted by atomic mass is 9.90. The second-order valence-electron chi connectivity index (χ2n) is 18.8. The monoisotopic (exact) mass is 971 g/mol. The molecule has 2 aromatic heterocycles. The van der Waals surface area contributed by atoms with E-state index in [9.17, 15) is 14.0 Å². The molecule has 4 heterocycles. The molecule has 2 aromatic carbocycles. The first kappa shape index (κ1) is 54.5. The fourth-order valence-electron chi connectivity index (χ4n) is 8.58. The lowest BCUT2D eigenvalue weighted by molar-refractivity contribution is -0.121. The van der Waals surface area contributed by atoms with Crippen molar-refractivity contribution in [3.63, 3.8) is 0 Å². The fraction of sp³-hybridized carbons (Fsp3) is 0.547. The number of nitrogens with zero attached hydrogens (tertiary/aromatic N) is 5. The van der Waals surface area contributed by atoms with E-state index in [2.05, 4.69) is 71.5 Å². The van der Waals surface area contributed by atoms with Crippen molar-refractivity contribution in [3.8, 4) is 0 Å². The van der Waals surface area contributed by atoms with E-state index in [-0.39, 0.29) is 41.2 Å². The van der Waals surface area contributed by atoms with E-state index in [0.29, 0.717) is 123 Å². The van der Waals surface area contributed by atoms with Gasteiger partial charge < -0.3 is 49.3 Å². The molecular formula is C53H75FN8O8. The number of pyridine rings is 2. The number of rotatable bonds is 30. The van der Waals surface area contributed by atoms with Crippen LogP contribution >= 0.6 is 0 Å². The number of likely N-dealkylation sites (N-methyl/N-ethyl adjacent to an activating group) is 1. The Balaban J connectivity index is 0.817. The maximum atomic E-state index is 14.1. The molecule has 6 rings (SSSR count). The van der Waals surface area contributed by atoms with E-state index >= 15 is 0 Å². The predicted octanol–water partition coefficient (Wildman–Crippen LogP) is 5.26. The maximum Gasteiger partial charge on any atom is 0.255 e. The Kier molecular flexibility index (Phi) is 22.1. The Labute approximate surface area is 413 Å². The van der Waals surface area contributed by atoms with Gasteiger partial charge >= 0.3 is 0 Å². The van der Waals surface area contributed by atoms with Crippen LogP contribution in [0.1, 0.15) is 72.2 Å². The summed E-state index contributed by atoms with van der Waals surface area (Å²) in [6.45, 7) is 18.3. The number of amides is 2. The lowest BCUT2D eigenvalue weighted by Crippen LogP contribution is -2.59. The zero-order valence-corrected chi connectivity index (χ0v) is 42.1. The Morgan fingerprint density at radius 3 is 2.16 bits per heavy atom. The number of carbonyl (C=O) groups is 2. The molecule has 0 radical (unpaired) electrons. The van der Waals surface area contributed by atoms with E-state index in [4.69, 9.17) is 33.4 Å².